The van der Waals surface area contributed by atoms with E-state index in [0.717, 1.165) is 19.6 Å². The van der Waals surface area contributed by atoms with Crippen LogP contribution < -0.4 is 10.6 Å². The second-order valence-corrected chi connectivity index (χ2v) is 3.40. The van der Waals surface area contributed by atoms with Gasteiger partial charge >= 0.3 is 5.97 Å². The molecule has 0 amide bonds. The first-order valence-electron chi connectivity index (χ1n) is 4.81. The number of carbonyl (C=O) groups excluding carboxylic acids is 1. The fourth-order valence-corrected chi connectivity index (χ4v) is 1.54. The highest BCUT2D eigenvalue weighted by Gasteiger charge is 2.12. The average Bonchev–Trinajstić information content (AvgIpc) is 2.19. The molecule has 2 N–H and O–H groups in total. The van der Waals surface area contributed by atoms with Crippen molar-refractivity contribution in [3.63, 3.8) is 0 Å². The molecule has 4 heteroatoms. The maximum absolute atomic E-state index is 10.8. The van der Waals surface area contributed by atoms with Gasteiger partial charge in [-0.3, -0.25) is 4.79 Å². The molecule has 0 spiro atoms. The number of rotatable bonds is 4. The summed E-state index contributed by atoms with van der Waals surface area (Å²) in [5.74, 6) is 0.528. The van der Waals surface area contributed by atoms with Crippen LogP contribution in [0.2, 0.25) is 0 Å². The lowest BCUT2D eigenvalue weighted by molar-refractivity contribution is -0.139. The van der Waals surface area contributed by atoms with Gasteiger partial charge in [-0.15, -0.1) is 0 Å². The van der Waals surface area contributed by atoms with Gasteiger partial charge in [-0.2, -0.15) is 0 Å². The Morgan fingerprint density at radius 2 is 2.23 bits per heavy atom. The predicted molar refractivity (Wildman–Crippen MR) is 50.5 cm³/mol. The van der Waals surface area contributed by atoms with Gasteiger partial charge in [0, 0.05) is 0 Å². The molecule has 0 aliphatic carbocycles. The predicted octanol–water partition coefficient (Wildman–Crippen LogP) is -0.251. The molecule has 1 aliphatic rings. The van der Waals surface area contributed by atoms with E-state index in [2.05, 4.69) is 15.4 Å². The first-order chi connectivity index (χ1) is 6.33. The molecule has 0 unspecified atom stereocenters. The Balaban J connectivity index is 2.01. The number of hydrogen-bond acceptors (Lipinski definition) is 4. The molecular formula is C9H18N2O2. The molecule has 0 aromatic heterocycles. The van der Waals surface area contributed by atoms with Crippen LogP contribution in [0.3, 0.4) is 0 Å². The molecule has 0 aromatic carbocycles. The zero-order valence-corrected chi connectivity index (χ0v) is 8.14. The fraction of sp³-hybridized carbons (Fsp3) is 0.889. The van der Waals surface area contributed by atoms with E-state index in [9.17, 15) is 4.79 Å². The Hall–Kier alpha value is -0.610. The molecule has 0 aromatic rings. The zero-order valence-electron chi connectivity index (χ0n) is 8.14. The first kappa shape index (κ1) is 10.5. The average molecular weight is 186 g/mol. The minimum atomic E-state index is -0.186. The van der Waals surface area contributed by atoms with Crippen molar-refractivity contribution in [3.05, 3.63) is 0 Å². The van der Waals surface area contributed by atoms with Crippen molar-refractivity contribution < 1.29 is 9.53 Å². The second kappa shape index (κ2) is 5.94. The molecule has 13 heavy (non-hydrogen) atoms. The van der Waals surface area contributed by atoms with Crippen LogP contribution in [0, 0.1) is 5.92 Å². The Morgan fingerprint density at radius 1 is 1.54 bits per heavy atom. The van der Waals surface area contributed by atoms with Crippen LogP contribution in [0.25, 0.3) is 0 Å². The van der Waals surface area contributed by atoms with Gasteiger partial charge in [-0.05, 0) is 38.4 Å². The van der Waals surface area contributed by atoms with Crippen LogP contribution in [0.4, 0.5) is 0 Å². The molecule has 4 nitrogen and oxygen atoms in total. The van der Waals surface area contributed by atoms with Gasteiger partial charge in [0.05, 0.1) is 13.7 Å². The summed E-state index contributed by atoms with van der Waals surface area (Å²) in [6.45, 7) is 3.46. The number of nitrogens with one attached hydrogen (secondary N) is 2. The maximum atomic E-state index is 10.8. The summed E-state index contributed by atoms with van der Waals surface area (Å²) in [6, 6.07) is 0. The topological polar surface area (TPSA) is 50.4 Å². The lowest BCUT2D eigenvalue weighted by Crippen LogP contribution is -2.35. The lowest BCUT2D eigenvalue weighted by atomic mass is 9.98. The summed E-state index contributed by atoms with van der Waals surface area (Å²) in [5, 5.41) is 6.41. The minimum Gasteiger partial charge on any atom is -0.468 e. The van der Waals surface area contributed by atoms with Crippen molar-refractivity contribution in [2.75, 3.05) is 33.3 Å². The zero-order chi connectivity index (χ0) is 9.52. The normalized spacial score (nSPS) is 18.5. The van der Waals surface area contributed by atoms with Crippen molar-refractivity contribution in [3.8, 4) is 0 Å². The summed E-state index contributed by atoms with van der Waals surface area (Å²) < 4.78 is 4.53. The molecule has 1 saturated heterocycles. The van der Waals surface area contributed by atoms with Gasteiger partial charge in [0.25, 0.3) is 0 Å². The number of ether oxygens (including phenoxy) is 1. The van der Waals surface area contributed by atoms with Gasteiger partial charge in [0.15, 0.2) is 0 Å². The molecule has 0 saturated carbocycles. The van der Waals surface area contributed by atoms with Gasteiger partial charge in [-0.1, -0.05) is 0 Å². The van der Waals surface area contributed by atoms with Crippen molar-refractivity contribution in [2.45, 2.75) is 12.8 Å². The maximum Gasteiger partial charge on any atom is 0.319 e. The first-order valence-corrected chi connectivity index (χ1v) is 4.81. The molecule has 1 heterocycles. The van der Waals surface area contributed by atoms with E-state index >= 15 is 0 Å². The highest BCUT2D eigenvalue weighted by Crippen LogP contribution is 2.09. The number of piperidine rings is 1. The SMILES string of the molecule is COC(=O)CNCC1CCNCC1. The largest absolute Gasteiger partial charge is 0.468 e. The van der Waals surface area contributed by atoms with E-state index in [1.807, 2.05) is 0 Å². The Labute approximate surface area is 79.0 Å². The van der Waals surface area contributed by atoms with Gasteiger partial charge < -0.3 is 15.4 Å². The highest BCUT2D eigenvalue weighted by atomic mass is 16.5. The number of esters is 1. The van der Waals surface area contributed by atoms with Gasteiger partial charge in [0.2, 0.25) is 0 Å². The summed E-state index contributed by atoms with van der Waals surface area (Å²) >= 11 is 0. The molecule has 0 atom stereocenters. The van der Waals surface area contributed by atoms with Crippen LogP contribution in [0.1, 0.15) is 12.8 Å². The highest BCUT2D eigenvalue weighted by molar-refractivity contribution is 5.71. The smallest absolute Gasteiger partial charge is 0.319 e. The molecule has 76 valence electrons. The Bertz CT molecular complexity index is 156. The summed E-state index contributed by atoms with van der Waals surface area (Å²) in [6.07, 6.45) is 2.41. The number of methoxy groups -OCH3 is 1. The van der Waals surface area contributed by atoms with E-state index in [-0.39, 0.29) is 5.97 Å². The second-order valence-electron chi connectivity index (χ2n) is 3.40. The molecule has 1 fully saturated rings. The number of hydrogen-bond donors (Lipinski definition) is 2. The monoisotopic (exact) mass is 186 g/mol. The van der Waals surface area contributed by atoms with Crippen molar-refractivity contribution in [1.82, 2.24) is 10.6 Å². The fourth-order valence-electron chi connectivity index (χ4n) is 1.54. The van der Waals surface area contributed by atoms with Crippen LogP contribution in [-0.2, 0) is 9.53 Å². The third-order valence-electron chi connectivity index (χ3n) is 2.39. The van der Waals surface area contributed by atoms with Crippen molar-refractivity contribution in [1.29, 1.82) is 0 Å². The minimum absolute atomic E-state index is 0.186. The summed E-state index contributed by atoms with van der Waals surface area (Å²) in [4.78, 5) is 10.8. The molecular weight excluding hydrogens is 168 g/mol. The van der Waals surface area contributed by atoms with E-state index < -0.39 is 0 Å². The molecule has 1 aliphatic heterocycles. The van der Waals surface area contributed by atoms with Crippen molar-refractivity contribution >= 4 is 5.97 Å². The van der Waals surface area contributed by atoms with Crippen LogP contribution in [-0.4, -0.2) is 39.3 Å². The summed E-state index contributed by atoms with van der Waals surface area (Å²) in [5.41, 5.74) is 0. The van der Waals surface area contributed by atoms with Gasteiger partial charge in [-0.25, -0.2) is 0 Å². The molecule has 0 bridgehead atoms. The standard InChI is InChI=1S/C9H18N2O2/c1-13-9(12)7-11-6-8-2-4-10-5-3-8/h8,10-11H,2-7H2,1H3. The van der Waals surface area contributed by atoms with E-state index in [1.165, 1.54) is 20.0 Å². The number of carbonyl (C=O) groups is 1. The third kappa shape index (κ3) is 4.24. The van der Waals surface area contributed by atoms with Crippen LogP contribution >= 0.6 is 0 Å². The van der Waals surface area contributed by atoms with Gasteiger partial charge in [0.1, 0.15) is 0 Å². The van der Waals surface area contributed by atoms with E-state index in [1.54, 1.807) is 0 Å². The van der Waals surface area contributed by atoms with Crippen molar-refractivity contribution in [2.24, 2.45) is 5.92 Å². The quantitative estimate of drug-likeness (QED) is 0.594. The third-order valence-corrected chi connectivity index (χ3v) is 2.39. The van der Waals surface area contributed by atoms with Crippen LogP contribution in [0.15, 0.2) is 0 Å². The molecule has 1 rings (SSSR count). The molecule has 0 radical (unpaired) electrons. The van der Waals surface area contributed by atoms with E-state index in [4.69, 9.17) is 0 Å². The summed E-state index contributed by atoms with van der Waals surface area (Å²) in [7, 11) is 1.41. The Kier molecular flexibility index (Phi) is 4.78. The Morgan fingerprint density at radius 3 is 2.85 bits per heavy atom. The van der Waals surface area contributed by atoms with E-state index in [0.29, 0.717) is 12.5 Å². The lowest BCUT2D eigenvalue weighted by Gasteiger charge is -2.22. The van der Waals surface area contributed by atoms with Crippen LogP contribution in [0.5, 0.6) is 0 Å².